The van der Waals surface area contributed by atoms with Gasteiger partial charge in [0.2, 0.25) is 0 Å². The van der Waals surface area contributed by atoms with Crippen molar-refractivity contribution in [1.82, 2.24) is 0 Å². The number of aliphatic hydroxyl groups excluding tert-OH is 1. The van der Waals surface area contributed by atoms with E-state index in [4.69, 9.17) is 5.11 Å². The molecule has 0 atom stereocenters. The van der Waals surface area contributed by atoms with Gasteiger partial charge >= 0.3 is 0 Å². The van der Waals surface area contributed by atoms with Crippen LogP contribution >= 0.6 is 0 Å². The first-order chi connectivity index (χ1) is 3.91. The minimum Gasteiger partial charge on any atom is -0.396 e. The molecular formula is C7H16O. The van der Waals surface area contributed by atoms with Crippen LogP contribution in [0.4, 0.5) is 0 Å². The molecule has 1 nitrogen and oxygen atoms in total. The van der Waals surface area contributed by atoms with Gasteiger partial charge in [-0.3, -0.25) is 0 Å². The zero-order chi connectivity index (χ0) is 6.83. The van der Waals surface area contributed by atoms with Crippen LogP contribution in [0.25, 0.3) is 0 Å². The van der Waals surface area contributed by atoms with Crippen molar-refractivity contribution in [3.05, 3.63) is 13.2 Å². The van der Waals surface area contributed by atoms with Crippen LogP contribution < -0.4 is 0 Å². The van der Waals surface area contributed by atoms with Crippen LogP contribution in [0.5, 0.6) is 0 Å². The quantitative estimate of drug-likeness (QED) is 0.441. The van der Waals surface area contributed by atoms with E-state index in [1.54, 1.807) is 0 Å². The molecule has 0 aromatic heterocycles. The molecule has 1 heteroatoms. The van der Waals surface area contributed by atoms with Crippen LogP contribution in [-0.2, 0) is 0 Å². The fraction of sp³-hybridized carbons (Fsp3) is 0.714. The lowest BCUT2D eigenvalue weighted by molar-refractivity contribution is 0.284. The molecule has 0 aliphatic carbocycles. The van der Waals surface area contributed by atoms with Gasteiger partial charge in [0.1, 0.15) is 0 Å². The van der Waals surface area contributed by atoms with E-state index in [1.807, 2.05) is 0 Å². The van der Waals surface area contributed by atoms with Crippen molar-refractivity contribution in [2.75, 3.05) is 6.61 Å². The van der Waals surface area contributed by atoms with Gasteiger partial charge in [0.25, 0.3) is 0 Å². The van der Waals surface area contributed by atoms with E-state index in [2.05, 4.69) is 20.1 Å². The minimum absolute atomic E-state index is 0.355. The largest absolute Gasteiger partial charge is 0.396 e. The molecule has 0 bridgehead atoms. The molecule has 0 unspecified atom stereocenters. The number of hydrogen-bond donors (Lipinski definition) is 1. The van der Waals surface area contributed by atoms with Gasteiger partial charge < -0.3 is 5.11 Å². The van der Waals surface area contributed by atoms with Gasteiger partial charge in [-0.25, -0.2) is 0 Å². The molecule has 0 aromatic carbocycles. The monoisotopic (exact) mass is 116 g/mol. The van der Waals surface area contributed by atoms with Gasteiger partial charge in [-0.1, -0.05) is 19.8 Å². The Balaban J connectivity index is 0. The second kappa shape index (κ2) is 15.9. The van der Waals surface area contributed by atoms with Gasteiger partial charge in [0.05, 0.1) is 0 Å². The maximum Gasteiger partial charge on any atom is 0.0431 e. The zero-order valence-electron chi connectivity index (χ0n) is 5.69. The van der Waals surface area contributed by atoms with Crippen molar-refractivity contribution in [2.24, 2.45) is 0 Å². The van der Waals surface area contributed by atoms with Crippen molar-refractivity contribution < 1.29 is 5.11 Å². The highest BCUT2D eigenvalue weighted by atomic mass is 16.2. The molecule has 0 heterocycles. The number of rotatable bonds is 3. The third kappa shape index (κ3) is 17.3. The number of unbranched alkanes of at least 4 members (excludes halogenated alkanes) is 2. The summed E-state index contributed by atoms with van der Waals surface area (Å²) in [5.74, 6) is 0. The molecule has 50 valence electrons. The SMILES string of the molecule is C=C.CCCCCO. The van der Waals surface area contributed by atoms with Crippen LogP contribution in [0.15, 0.2) is 13.2 Å². The van der Waals surface area contributed by atoms with E-state index in [1.165, 1.54) is 6.42 Å². The fourth-order valence-corrected chi connectivity index (χ4v) is 0.362. The van der Waals surface area contributed by atoms with Crippen molar-refractivity contribution in [3.8, 4) is 0 Å². The Morgan fingerprint density at radius 2 is 1.75 bits per heavy atom. The Bertz CT molecular complexity index is 23.6. The normalized spacial score (nSPS) is 7.25. The van der Waals surface area contributed by atoms with Crippen molar-refractivity contribution in [3.63, 3.8) is 0 Å². The third-order valence-electron chi connectivity index (χ3n) is 0.762. The first-order valence-electron chi connectivity index (χ1n) is 3.02. The van der Waals surface area contributed by atoms with Crippen LogP contribution in [0.2, 0.25) is 0 Å². The molecule has 0 saturated heterocycles. The maximum atomic E-state index is 8.20. The van der Waals surface area contributed by atoms with Crippen LogP contribution in [0.1, 0.15) is 26.2 Å². The average Bonchev–Trinajstić information content (AvgIpc) is 1.88. The maximum absolute atomic E-state index is 8.20. The van der Waals surface area contributed by atoms with Gasteiger partial charge in [-0.15, -0.1) is 13.2 Å². The Kier molecular flexibility index (Phi) is 21.1. The first kappa shape index (κ1) is 10.6. The molecule has 0 aliphatic rings. The summed E-state index contributed by atoms with van der Waals surface area (Å²) in [6.45, 7) is 8.48. The molecule has 0 spiro atoms. The molecule has 0 fully saturated rings. The Morgan fingerprint density at radius 1 is 1.25 bits per heavy atom. The molecule has 0 amide bonds. The topological polar surface area (TPSA) is 20.2 Å². The second-order valence-corrected chi connectivity index (χ2v) is 1.43. The number of hydrogen-bond acceptors (Lipinski definition) is 1. The van der Waals surface area contributed by atoms with Crippen LogP contribution in [0.3, 0.4) is 0 Å². The standard InChI is InChI=1S/C5H12O.C2H4/c1-2-3-4-5-6;1-2/h6H,2-5H2,1H3;1-2H2. The van der Waals surface area contributed by atoms with E-state index in [-0.39, 0.29) is 0 Å². The lowest BCUT2D eigenvalue weighted by Crippen LogP contribution is -1.78. The van der Waals surface area contributed by atoms with Crippen molar-refractivity contribution in [2.45, 2.75) is 26.2 Å². The average molecular weight is 116 g/mol. The summed E-state index contributed by atoms with van der Waals surface area (Å²) in [4.78, 5) is 0. The zero-order valence-corrected chi connectivity index (χ0v) is 5.69. The molecule has 0 radical (unpaired) electrons. The highest BCUT2D eigenvalue weighted by Crippen LogP contribution is 1.89. The smallest absolute Gasteiger partial charge is 0.0431 e. The van der Waals surface area contributed by atoms with Gasteiger partial charge in [0, 0.05) is 6.61 Å². The summed E-state index contributed by atoms with van der Waals surface area (Å²) in [5, 5.41) is 8.20. The van der Waals surface area contributed by atoms with E-state index in [9.17, 15) is 0 Å². The molecule has 1 N–H and O–H groups in total. The lowest BCUT2D eigenvalue weighted by atomic mass is 10.3. The number of aliphatic hydroxyl groups is 1. The second-order valence-electron chi connectivity index (χ2n) is 1.43. The van der Waals surface area contributed by atoms with Crippen LogP contribution in [-0.4, -0.2) is 11.7 Å². The van der Waals surface area contributed by atoms with Crippen LogP contribution in [0, 0.1) is 0 Å². The highest BCUT2D eigenvalue weighted by molar-refractivity contribution is 4.30. The molecule has 8 heavy (non-hydrogen) atoms. The summed E-state index contributed by atoms with van der Waals surface area (Å²) < 4.78 is 0. The van der Waals surface area contributed by atoms with Crippen molar-refractivity contribution in [1.29, 1.82) is 0 Å². The predicted molar refractivity (Wildman–Crippen MR) is 37.9 cm³/mol. The van der Waals surface area contributed by atoms with E-state index < -0.39 is 0 Å². The highest BCUT2D eigenvalue weighted by Gasteiger charge is 1.76. The fourth-order valence-electron chi connectivity index (χ4n) is 0.362. The Hall–Kier alpha value is -0.300. The van der Waals surface area contributed by atoms with E-state index >= 15 is 0 Å². The van der Waals surface area contributed by atoms with E-state index in [0.29, 0.717) is 6.61 Å². The van der Waals surface area contributed by atoms with Gasteiger partial charge in [-0.2, -0.15) is 0 Å². The molecule has 0 aromatic rings. The molecule has 0 aliphatic heterocycles. The first-order valence-corrected chi connectivity index (χ1v) is 3.02. The third-order valence-corrected chi connectivity index (χ3v) is 0.762. The summed E-state index contributed by atoms with van der Waals surface area (Å²) in [5.41, 5.74) is 0. The van der Waals surface area contributed by atoms with Gasteiger partial charge in [-0.05, 0) is 6.42 Å². The molecular weight excluding hydrogens is 100 g/mol. The van der Waals surface area contributed by atoms with Crippen molar-refractivity contribution >= 4 is 0 Å². The Morgan fingerprint density at radius 3 is 1.88 bits per heavy atom. The predicted octanol–water partition coefficient (Wildman–Crippen LogP) is 1.97. The minimum atomic E-state index is 0.355. The summed E-state index contributed by atoms with van der Waals surface area (Å²) >= 11 is 0. The lowest BCUT2D eigenvalue weighted by Gasteiger charge is -1.85. The molecule has 0 saturated carbocycles. The summed E-state index contributed by atoms with van der Waals surface area (Å²) in [6, 6.07) is 0. The van der Waals surface area contributed by atoms with Gasteiger partial charge in [0.15, 0.2) is 0 Å². The molecule has 0 rings (SSSR count). The van der Waals surface area contributed by atoms with E-state index in [0.717, 1.165) is 12.8 Å². The Labute approximate surface area is 52.0 Å². The summed E-state index contributed by atoms with van der Waals surface area (Å²) in [7, 11) is 0. The summed E-state index contributed by atoms with van der Waals surface area (Å²) in [6.07, 6.45) is 3.33.